The minimum Gasteiger partial charge on any atom is -0.489 e. The van der Waals surface area contributed by atoms with Gasteiger partial charge in [-0.1, -0.05) is 18.2 Å². The van der Waals surface area contributed by atoms with E-state index in [0.29, 0.717) is 23.7 Å². The van der Waals surface area contributed by atoms with E-state index in [2.05, 4.69) is 14.8 Å². The molecule has 0 bridgehead atoms. The van der Waals surface area contributed by atoms with E-state index in [-0.39, 0.29) is 4.90 Å². The van der Waals surface area contributed by atoms with E-state index in [0.717, 1.165) is 11.1 Å². The van der Waals surface area contributed by atoms with Crippen LogP contribution in [0.25, 0.3) is 0 Å². The number of pyridine rings is 1. The Hall–Kier alpha value is -2.71. The molecule has 0 fully saturated rings. The van der Waals surface area contributed by atoms with Crippen molar-refractivity contribution in [1.82, 2.24) is 19.5 Å². The minimum atomic E-state index is -3.68. The Morgan fingerprint density at radius 2 is 1.89 bits per heavy atom. The quantitative estimate of drug-likeness (QED) is 0.659. The van der Waals surface area contributed by atoms with E-state index in [4.69, 9.17) is 4.74 Å². The molecule has 8 heteroatoms. The van der Waals surface area contributed by atoms with Gasteiger partial charge in [0.15, 0.2) is 0 Å². The SMILES string of the molecule is Cc1nn(C)c(C)c1S(=O)(=O)NC(C)c1ccc(OCc2cccnc2)cc1. The summed E-state index contributed by atoms with van der Waals surface area (Å²) in [4.78, 5) is 4.29. The van der Waals surface area contributed by atoms with E-state index < -0.39 is 16.1 Å². The van der Waals surface area contributed by atoms with Crippen LogP contribution in [0.4, 0.5) is 0 Å². The molecule has 0 saturated heterocycles. The number of aryl methyl sites for hydroxylation is 2. The molecule has 0 spiro atoms. The van der Waals surface area contributed by atoms with Crippen LogP contribution in [0.1, 0.15) is 35.5 Å². The summed E-state index contributed by atoms with van der Waals surface area (Å²) in [7, 11) is -1.94. The fourth-order valence-corrected chi connectivity index (χ4v) is 4.68. The molecular formula is C20H24N4O3S. The largest absolute Gasteiger partial charge is 0.489 e. The van der Waals surface area contributed by atoms with Crippen LogP contribution in [0.15, 0.2) is 53.7 Å². The Balaban J connectivity index is 1.68. The Bertz CT molecular complexity index is 1050. The summed E-state index contributed by atoms with van der Waals surface area (Å²) >= 11 is 0. The van der Waals surface area contributed by atoms with E-state index >= 15 is 0 Å². The van der Waals surface area contributed by atoms with Gasteiger partial charge >= 0.3 is 0 Å². The molecule has 1 atom stereocenters. The number of benzene rings is 1. The molecule has 1 unspecified atom stereocenters. The van der Waals surface area contributed by atoms with E-state index in [1.807, 2.05) is 43.3 Å². The maximum absolute atomic E-state index is 12.8. The number of aromatic nitrogens is 3. The molecule has 0 aliphatic heterocycles. The third kappa shape index (κ3) is 4.40. The molecule has 2 heterocycles. The molecule has 7 nitrogen and oxygen atoms in total. The van der Waals surface area contributed by atoms with Gasteiger partial charge in [-0.15, -0.1) is 0 Å². The third-order valence-corrected chi connectivity index (χ3v) is 6.34. The molecule has 0 saturated carbocycles. The molecule has 0 aliphatic rings. The monoisotopic (exact) mass is 400 g/mol. The highest BCUT2D eigenvalue weighted by Gasteiger charge is 2.25. The van der Waals surface area contributed by atoms with Gasteiger partial charge < -0.3 is 4.74 Å². The second kappa shape index (κ2) is 8.12. The summed E-state index contributed by atoms with van der Waals surface area (Å²) in [6.07, 6.45) is 3.48. The lowest BCUT2D eigenvalue weighted by Gasteiger charge is -2.15. The Labute approximate surface area is 165 Å². The van der Waals surface area contributed by atoms with Gasteiger partial charge in [-0.25, -0.2) is 13.1 Å². The van der Waals surface area contributed by atoms with Crippen LogP contribution in [0, 0.1) is 13.8 Å². The van der Waals surface area contributed by atoms with Crippen molar-refractivity contribution in [3.63, 3.8) is 0 Å². The highest BCUT2D eigenvalue weighted by molar-refractivity contribution is 7.89. The van der Waals surface area contributed by atoms with Gasteiger partial charge in [0.2, 0.25) is 10.0 Å². The van der Waals surface area contributed by atoms with Crippen LogP contribution < -0.4 is 9.46 Å². The van der Waals surface area contributed by atoms with Crippen molar-refractivity contribution in [1.29, 1.82) is 0 Å². The van der Waals surface area contributed by atoms with Crippen molar-refractivity contribution in [2.45, 2.75) is 38.3 Å². The zero-order valence-electron chi connectivity index (χ0n) is 16.4. The molecular weight excluding hydrogens is 376 g/mol. The first-order valence-corrected chi connectivity index (χ1v) is 10.4. The highest BCUT2D eigenvalue weighted by atomic mass is 32.2. The first kappa shape index (κ1) is 20.0. The fraction of sp³-hybridized carbons (Fsp3) is 0.300. The Morgan fingerprint density at radius 3 is 2.46 bits per heavy atom. The molecule has 0 radical (unpaired) electrons. The summed E-state index contributed by atoms with van der Waals surface area (Å²) < 4.78 is 35.6. The number of nitrogens with one attached hydrogen (secondary N) is 1. The lowest BCUT2D eigenvalue weighted by atomic mass is 10.1. The van der Waals surface area contributed by atoms with Crippen LogP contribution in [0.2, 0.25) is 0 Å². The number of hydrogen-bond acceptors (Lipinski definition) is 5. The summed E-state index contributed by atoms with van der Waals surface area (Å²) in [5.74, 6) is 0.710. The van der Waals surface area contributed by atoms with Gasteiger partial charge in [0.05, 0.1) is 11.4 Å². The van der Waals surface area contributed by atoms with Crippen molar-refractivity contribution in [2.24, 2.45) is 7.05 Å². The predicted molar refractivity (Wildman–Crippen MR) is 106 cm³/mol. The predicted octanol–water partition coefficient (Wildman–Crippen LogP) is 3.05. The van der Waals surface area contributed by atoms with Crippen LogP contribution in [0.3, 0.4) is 0 Å². The average Bonchev–Trinajstić information content (AvgIpc) is 2.93. The second-order valence-electron chi connectivity index (χ2n) is 6.69. The molecule has 0 aliphatic carbocycles. The Kier molecular flexibility index (Phi) is 5.81. The standard InChI is InChI=1S/C20H24N4O3S/c1-14(23-28(25,26)20-15(2)22-24(4)16(20)3)18-7-9-19(10-8-18)27-13-17-6-5-11-21-12-17/h5-12,14,23H,13H2,1-4H3. The van der Waals surface area contributed by atoms with Crippen molar-refractivity contribution in [2.75, 3.05) is 0 Å². The van der Waals surface area contributed by atoms with E-state index in [9.17, 15) is 8.42 Å². The maximum atomic E-state index is 12.8. The number of rotatable bonds is 7. The lowest BCUT2D eigenvalue weighted by molar-refractivity contribution is 0.305. The van der Waals surface area contributed by atoms with Crippen molar-refractivity contribution in [3.8, 4) is 5.75 Å². The van der Waals surface area contributed by atoms with Gasteiger partial charge in [-0.3, -0.25) is 9.67 Å². The van der Waals surface area contributed by atoms with E-state index in [1.165, 1.54) is 0 Å². The zero-order valence-corrected chi connectivity index (χ0v) is 17.2. The van der Waals surface area contributed by atoms with Crippen LogP contribution in [-0.4, -0.2) is 23.2 Å². The normalized spacial score (nSPS) is 12.7. The lowest BCUT2D eigenvalue weighted by Crippen LogP contribution is -2.27. The number of nitrogens with zero attached hydrogens (tertiary/aromatic N) is 3. The molecule has 0 amide bonds. The van der Waals surface area contributed by atoms with Gasteiger partial charge in [0.1, 0.15) is 17.3 Å². The number of hydrogen-bond donors (Lipinski definition) is 1. The molecule has 28 heavy (non-hydrogen) atoms. The fourth-order valence-electron chi connectivity index (χ4n) is 3.01. The Morgan fingerprint density at radius 1 is 1.18 bits per heavy atom. The van der Waals surface area contributed by atoms with Crippen molar-refractivity contribution >= 4 is 10.0 Å². The average molecular weight is 401 g/mol. The van der Waals surface area contributed by atoms with Crippen LogP contribution >= 0.6 is 0 Å². The topological polar surface area (TPSA) is 86.1 Å². The maximum Gasteiger partial charge on any atom is 0.244 e. The third-order valence-electron chi connectivity index (χ3n) is 4.55. The molecule has 3 rings (SSSR count). The first-order valence-electron chi connectivity index (χ1n) is 8.92. The summed E-state index contributed by atoms with van der Waals surface area (Å²) in [5.41, 5.74) is 2.92. The van der Waals surface area contributed by atoms with Crippen LogP contribution in [0.5, 0.6) is 5.75 Å². The van der Waals surface area contributed by atoms with Gasteiger partial charge in [0, 0.05) is 31.0 Å². The van der Waals surface area contributed by atoms with E-state index in [1.54, 1.807) is 38.0 Å². The zero-order chi connectivity index (χ0) is 20.3. The summed E-state index contributed by atoms with van der Waals surface area (Å²) in [5, 5.41) is 4.19. The minimum absolute atomic E-state index is 0.235. The molecule has 2 aromatic heterocycles. The van der Waals surface area contributed by atoms with Crippen molar-refractivity contribution in [3.05, 3.63) is 71.3 Å². The van der Waals surface area contributed by atoms with Crippen LogP contribution in [-0.2, 0) is 23.7 Å². The number of ether oxygens (including phenoxy) is 1. The van der Waals surface area contributed by atoms with Gasteiger partial charge in [-0.05, 0) is 44.5 Å². The van der Waals surface area contributed by atoms with Gasteiger partial charge in [0.25, 0.3) is 0 Å². The molecule has 1 aromatic carbocycles. The summed E-state index contributed by atoms with van der Waals surface area (Å²) in [6.45, 7) is 5.67. The highest BCUT2D eigenvalue weighted by Crippen LogP contribution is 2.23. The molecule has 3 aromatic rings. The summed E-state index contributed by atoms with van der Waals surface area (Å²) in [6, 6.07) is 10.8. The number of sulfonamides is 1. The molecule has 148 valence electrons. The smallest absolute Gasteiger partial charge is 0.244 e. The second-order valence-corrected chi connectivity index (χ2v) is 8.34. The van der Waals surface area contributed by atoms with Crippen molar-refractivity contribution < 1.29 is 13.2 Å². The molecule has 1 N–H and O–H groups in total. The van der Waals surface area contributed by atoms with Gasteiger partial charge in [-0.2, -0.15) is 5.10 Å². The first-order chi connectivity index (χ1) is 13.3.